The highest BCUT2D eigenvalue weighted by atomic mass is 14.7. The van der Waals surface area contributed by atoms with Crippen LogP contribution in [0.15, 0.2) is 85.0 Å². The fourth-order valence-electron chi connectivity index (χ4n) is 8.01. The number of nitrogens with one attached hydrogen (secondary N) is 1. The molecule has 1 aromatic heterocycles. The van der Waals surface area contributed by atoms with Crippen LogP contribution in [0.2, 0.25) is 0 Å². The topological polar surface area (TPSA) is 15.8 Å². The average Bonchev–Trinajstić information content (AvgIpc) is 3.59. The first-order valence-electron chi connectivity index (χ1n) is 24.1. The van der Waals surface area contributed by atoms with Crippen molar-refractivity contribution in [1.82, 2.24) is 4.98 Å². The molecule has 4 rings (SSSR count). The van der Waals surface area contributed by atoms with Crippen LogP contribution in [0, 0.1) is 31.1 Å². The molecule has 0 aliphatic heterocycles. The molecule has 0 aliphatic carbocycles. The highest BCUT2D eigenvalue weighted by Crippen LogP contribution is 2.40. The maximum absolute atomic E-state index is 3.84. The first kappa shape index (κ1) is 52.6. The summed E-state index contributed by atoms with van der Waals surface area (Å²) in [7, 11) is 0. The third-order valence-electron chi connectivity index (χ3n) is 13.6. The number of rotatable bonds is 17. The molecule has 3 unspecified atom stereocenters. The number of allylic oxidation sites excluding steroid dienone is 6. The summed E-state index contributed by atoms with van der Waals surface area (Å²) >= 11 is 0. The van der Waals surface area contributed by atoms with Crippen LogP contribution in [0.4, 0.5) is 0 Å². The van der Waals surface area contributed by atoms with Crippen LogP contribution in [-0.4, -0.2) is 4.98 Å². The Morgan fingerprint density at radius 2 is 1.25 bits per heavy atom. The third kappa shape index (κ3) is 15.1. The molecular weight excluding hydrogens is 723 g/mol. The van der Waals surface area contributed by atoms with Gasteiger partial charge in [0, 0.05) is 21.8 Å². The fraction of sp³-hybridized carbons (Fsp3) is 0.559. The van der Waals surface area contributed by atoms with Crippen molar-refractivity contribution in [3.63, 3.8) is 0 Å². The highest BCUT2D eigenvalue weighted by molar-refractivity contribution is 6.08. The molecule has 3 atom stereocenters. The van der Waals surface area contributed by atoms with Crippen molar-refractivity contribution in [3.05, 3.63) is 118 Å². The van der Waals surface area contributed by atoms with Crippen molar-refractivity contribution in [2.45, 2.75) is 200 Å². The molecule has 3 aromatic carbocycles. The maximum atomic E-state index is 3.84. The lowest BCUT2D eigenvalue weighted by Crippen LogP contribution is -2.20. The van der Waals surface area contributed by atoms with Gasteiger partial charge in [-0.15, -0.1) is 0 Å². The minimum absolute atomic E-state index is 0.135. The molecule has 0 saturated heterocycles. The van der Waals surface area contributed by atoms with E-state index < -0.39 is 0 Å². The van der Waals surface area contributed by atoms with E-state index in [0.717, 1.165) is 25.7 Å². The van der Waals surface area contributed by atoms with E-state index in [1.807, 2.05) is 0 Å². The zero-order chi connectivity index (χ0) is 45.4. The summed E-state index contributed by atoms with van der Waals surface area (Å²) in [6, 6.07) is 18.7. The molecule has 1 heteroatoms. The predicted molar refractivity (Wildman–Crippen MR) is 276 cm³/mol. The molecule has 1 heterocycles. The molecule has 0 bridgehead atoms. The van der Waals surface area contributed by atoms with Gasteiger partial charge >= 0.3 is 0 Å². The summed E-state index contributed by atoms with van der Waals surface area (Å²) in [5.41, 5.74) is 16.6. The van der Waals surface area contributed by atoms with Crippen LogP contribution in [0.5, 0.6) is 0 Å². The van der Waals surface area contributed by atoms with Crippen LogP contribution in [-0.2, 0) is 5.41 Å². The van der Waals surface area contributed by atoms with Crippen molar-refractivity contribution >= 4 is 33.0 Å². The molecule has 1 N–H and O–H groups in total. The number of hydrogen-bond acceptors (Lipinski definition) is 0. The number of unbranched alkanes of at least 4 members (excludes halogenated alkanes) is 3. The summed E-state index contributed by atoms with van der Waals surface area (Å²) in [4.78, 5) is 3.72. The predicted octanol–water partition coefficient (Wildman–Crippen LogP) is 19.6. The highest BCUT2D eigenvalue weighted by Gasteiger charge is 2.26. The standard InChI is InChI=1S/C45H63N.C8H14.C6H14/c1-14-16-34(38-25-26-39(33(7)32(38)6)37(29(3)15-2)22-18-31(5)44(8,9)10)19-17-30(4)35-20-23-40-41-24-21-36(45(11,12)13)28-43(41)46-42(40)27-35;1-5-7(3)8(4)6-2;1-3-5-6-4-2/h17,19-21,23-29,31,37,46H,14-16,18,22H2,1-13H3;3-6H2,1-2H3;3-6H2,1-2H3/b30-17+,34-19+;;. The summed E-state index contributed by atoms with van der Waals surface area (Å²) in [6.07, 6.45) is 18.3. The molecule has 332 valence electrons. The van der Waals surface area contributed by atoms with Gasteiger partial charge in [-0.25, -0.2) is 0 Å². The number of fused-ring (bicyclic) bond motifs is 3. The second kappa shape index (κ2) is 24.8. The maximum Gasteiger partial charge on any atom is 0.0470 e. The Balaban J connectivity index is 0.000000758. The zero-order valence-corrected chi connectivity index (χ0v) is 42.2. The number of aromatic nitrogens is 1. The van der Waals surface area contributed by atoms with Gasteiger partial charge in [0.05, 0.1) is 0 Å². The molecule has 0 aliphatic rings. The van der Waals surface area contributed by atoms with Crippen LogP contribution in [0.3, 0.4) is 0 Å². The monoisotopic (exact) mass is 814 g/mol. The third-order valence-corrected chi connectivity index (χ3v) is 13.6. The van der Waals surface area contributed by atoms with Crippen LogP contribution < -0.4 is 0 Å². The van der Waals surface area contributed by atoms with E-state index in [2.05, 4.69) is 197 Å². The molecule has 4 aromatic rings. The van der Waals surface area contributed by atoms with E-state index in [1.54, 1.807) is 5.56 Å². The molecule has 60 heavy (non-hydrogen) atoms. The summed E-state index contributed by atoms with van der Waals surface area (Å²) in [6.45, 7) is 46.9. The second-order valence-electron chi connectivity index (χ2n) is 20.1. The van der Waals surface area contributed by atoms with E-state index >= 15 is 0 Å². The Hall–Kier alpha value is -3.58. The van der Waals surface area contributed by atoms with E-state index in [0.29, 0.717) is 23.2 Å². The molecule has 0 radical (unpaired) electrons. The Bertz CT molecular complexity index is 1990. The number of aromatic amines is 1. The van der Waals surface area contributed by atoms with E-state index in [-0.39, 0.29) is 5.41 Å². The van der Waals surface area contributed by atoms with Gasteiger partial charge in [0.25, 0.3) is 0 Å². The summed E-state index contributed by atoms with van der Waals surface area (Å²) < 4.78 is 0. The van der Waals surface area contributed by atoms with E-state index in [9.17, 15) is 0 Å². The quantitative estimate of drug-likeness (QED) is 0.0807. The van der Waals surface area contributed by atoms with Gasteiger partial charge in [-0.3, -0.25) is 0 Å². The van der Waals surface area contributed by atoms with E-state index in [4.69, 9.17) is 0 Å². The Morgan fingerprint density at radius 3 is 1.75 bits per heavy atom. The molecule has 0 fully saturated rings. The Labute approximate surface area is 371 Å². The minimum atomic E-state index is 0.135. The van der Waals surface area contributed by atoms with Crippen molar-refractivity contribution < 1.29 is 0 Å². The second-order valence-corrected chi connectivity index (χ2v) is 20.1. The van der Waals surface area contributed by atoms with Gasteiger partial charge in [-0.05, 0) is 138 Å². The normalized spacial score (nSPS) is 13.9. The van der Waals surface area contributed by atoms with Crippen molar-refractivity contribution in [2.75, 3.05) is 0 Å². The minimum Gasteiger partial charge on any atom is -0.354 e. The Morgan fingerprint density at radius 1 is 0.683 bits per heavy atom. The van der Waals surface area contributed by atoms with Gasteiger partial charge in [-0.1, -0.05) is 208 Å². The van der Waals surface area contributed by atoms with Gasteiger partial charge < -0.3 is 4.98 Å². The van der Waals surface area contributed by atoms with Gasteiger partial charge in [0.15, 0.2) is 0 Å². The van der Waals surface area contributed by atoms with Crippen LogP contribution in [0.25, 0.3) is 33.0 Å². The van der Waals surface area contributed by atoms with Crippen molar-refractivity contribution in [1.29, 1.82) is 0 Å². The SMILES string of the molecule is C=C(CC)C(=C)CC.CCC/C(=C\C=C(/C)c1ccc2c(c1)[nH]c1cc(C(C)(C)C)ccc12)c1ccc(C(CCC(C)C(C)(C)C)C(C)CC)c(C)c1C.CCCCCC. The largest absolute Gasteiger partial charge is 0.354 e. The lowest BCUT2D eigenvalue weighted by Gasteiger charge is -2.32. The summed E-state index contributed by atoms with van der Waals surface area (Å²) in [5.74, 6) is 2.01. The number of hydrogen-bond donors (Lipinski definition) is 1. The lowest BCUT2D eigenvalue weighted by molar-refractivity contribution is 0.230. The molecule has 0 spiro atoms. The van der Waals surface area contributed by atoms with Gasteiger partial charge in [0.2, 0.25) is 0 Å². The molecule has 1 nitrogen and oxygen atoms in total. The number of benzene rings is 3. The van der Waals surface area contributed by atoms with Crippen molar-refractivity contribution in [3.8, 4) is 0 Å². The van der Waals surface area contributed by atoms with Crippen LogP contribution in [0.1, 0.15) is 214 Å². The lowest BCUT2D eigenvalue weighted by atomic mass is 9.73. The van der Waals surface area contributed by atoms with E-state index in [1.165, 1.54) is 117 Å². The van der Waals surface area contributed by atoms with Gasteiger partial charge in [0.1, 0.15) is 0 Å². The fourth-order valence-corrected chi connectivity index (χ4v) is 8.01. The van der Waals surface area contributed by atoms with Crippen LogP contribution >= 0.6 is 0 Å². The first-order valence-corrected chi connectivity index (χ1v) is 24.1. The smallest absolute Gasteiger partial charge is 0.0470 e. The molecule has 0 saturated carbocycles. The average molecular weight is 814 g/mol. The van der Waals surface area contributed by atoms with Crippen molar-refractivity contribution in [2.24, 2.45) is 17.3 Å². The first-order chi connectivity index (χ1) is 28.2. The Kier molecular flexibility index (Phi) is 21.7. The zero-order valence-electron chi connectivity index (χ0n) is 42.2. The van der Waals surface area contributed by atoms with Gasteiger partial charge in [-0.2, -0.15) is 0 Å². The summed E-state index contributed by atoms with van der Waals surface area (Å²) in [5, 5.41) is 2.60. The number of H-pyrrole nitrogens is 1. The molecular formula is C59H91N. The molecule has 0 amide bonds.